The van der Waals surface area contributed by atoms with E-state index in [0.29, 0.717) is 42.9 Å². The molecule has 10 saturated carbocycles. The van der Waals surface area contributed by atoms with E-state index in [1.165, 1.54) is 82.8 Å². The minimum absolute atomic E-state index is 0.0143. The number of aliphatic hydroxyl groups is 3. The predicted molar refractivity (Wildman–Crippen MR) is 227 cm³/mol. The van der Waals surface area contributed by atoms with Crippen molar-refractivity contribution in [2.75, 3.05) is 28.1 Å². The van der Waals surface area contributed by atoms with Crippen LogP contribution in [0, 0.1) is 101 Å². The Morgan fingerprint density at radius 2 is 1.15 bits per heavy atom. The molecule has 0 radical (unpaired) electrons. The van der Waals surface area contributed by atoms with Crippen molar-refractivity contribution in [3.05, 3.63) is 0 Å². The van der Waals surface area contributed by atoms with Gasteiger partial charge in [0.2, 0.25) is 0 Å². The summed E-state index contributed by atoms with van der Waals surface area (Å²) in [5.41, 5.74) is 0. The van der Waals surface area contributed by atoms with E-state index < -0.39 is 35.9 Å². The van der Waals surface area contributed by atoms with Crippen molar-refractivity contribution < 1.29 is 58.6 Å². The number of ether oxygens (including phenoxy) is 4. The Kier molecular flexibility index (Phi) is 17.1. The fourth-order valence-corrected chi connectivity index (χ4v) is 15.9. The monoisotopic (exact) mass is 861 g/mol. The first-order valence-electron chi connectivity index (χ1n) is 24.3. The van der Waals surface area contributed by atoms with Crippen LogP contribution in [0.25, 0.3) is 0 Å². The summed E-state index contributed by atoms with van der Waals surface area (Å²) < 4.78 is 21.0. The quantitative estimate of drug-likeness (QED) is 0.0705. The van der Waals surface area contributed by atoms with Gasteiger partial charge < -0.3 is 39.4 Å². The Bertz CT molecular complexity index is 1450. The molecular weight excluding hydrogens is 781 g/mol. The molecule has 20 atom stereocenters. The minimum atomic E-state index is -0.833. The standard InChI is InChI=1S/C26H40O7.C10H16O2.C10H16.C2H4O2.CH4O/c1-5-15(25(28)32-13-30-3)9-19(8-14(2)24(27)31-4)26(29)33-21-12-18-11-20(21)23-17-7-6-16(10-17)22(18)23;11-8-4-7-5-1-2-6(3-5)9(7)10(8)12;1-2-9-7-4-5-8(6-7)10(9)3-1;1-2(3)4;1-2/h14-23H,5-13H2,1-4H3;5-12H,1-4H2;7-10H,1-6H2;1H3,(H,3,4);2H,1H3. The Labute approximate surface area is 364 Å². The van der Waals surface area contributed by atoms with Gasteiger partial charge in [-0.25, -0.2) is 0 Å². The second kappa shape index (κ2) is 21.6. The Morgan fingerprint density at radius 3 is 1.72 bits per heavy atom. The molecule has 8 bridgehead atoms. The van der Waals surface area contributed by atoms with Crippen LogP contribution in [0.3, 0.4) is 0 Å². The van der Waals surface area contributed by atoms with Gasteiger partial charge in [-0.3, -0.25) is 19.2 Å². The van der Waals surface area contributed by atoms with E-state index in [0.717, 1.165) is 62.4 Å². The molecule has 10 aliphatic carbocycles. The topological polar surface area (TPSA) is 186 Å². The molecule has 0 heterocycles. The van der Waals surface area contributed by atoms with E-state index in [2.05, 4.69) is 0 Å². The van der Waals surface area contributed by atoms with Crippen LogP contribution < -0.4 is 0 Å². The Balaban J connectivity index is 0.000000177. The maximum Gasteiger partial charge on any atom is 0.311 e. The van der Waals surface area contributed by atoms with Crippen LogP contribution in [-0.2, 0) is 38.1 Å². The summed E-state index contributed by atoms with van der Waals surface area (Å²) in [6.45, 7) is 4.63. The van der Waals surface area contributed by atoms with E-state index in [-0.39, 0.29) is 30.8 Å². The lowest BCUT2D eigenvalue weighted by Gasteiger charge is -2.38. The molecule has 0 aromatic carbocycles. The lowest BCUT2D eigenvalue weighted by molar-refractivity contribution is -0.164. The molecule has 0 aromatic heterocycles. The first kappa shape index (κ1) is 48.2. The number of rotatable bonds is 11. The van der Waals surface area contributed by atoms with Gasteiger partial charge in [0.05, 0.1) is 37.1 Å². The van der Waals surface area contributed by atoms with Crippen molar-refractivity contribution in [3.8, 4) is 0 Å². The van der Waals surface area contributed by atoms with Crippen molar-refractivity contribution in [1.29, 1.82) is 0 Å². The average molecular weight is 861 g/mol. The molecule has 4 N–H and O–H groups in total. The summed E-state index contributed by atoms with van der Waals surface area (Å²) in [6.07, 6.45) is 21.0. The fourth-order valence-electron chi connectivity index (χ4n) is 15.9. The summed E-state index contributed by atoms with van der Waals surface area (Å²) in [5.74, 6) is 8.73. The predicted octanol–water partition coefficient (Wildman–Crippen LogP) is 7.29. The van der Waals surface area contributed by atoms with Crippen molar-refractivity contribution in [3.63, 3.8) is 0 Å². The van der Waals surface area contributed by atoms with Gasteiger partial charge in [-0.2, -0.15) is 0 Å². The molecule has 10 aliphatic rings. The van der Waals surface area contributed by atoms with E-state index >= 15 is 0 Å². The highest BCUT2D eigenvalue weighted by molar-refractivity contribution is 5.78. The van der Waals surface area contributed by atoms with Gasteiger partial charge in [-0.15, -0.1) is 0 Å². The highest BCUT2D eigenvalue weighted by Crippen LogP contribution is 2.68. The van der Waals surface area contributed by atoms with Crippen molar-refractivity contribution in [1.82, 2.24) is 0 Å². The SMILES string of the molecule is C1CC2C3CCC(C3)C2C1.CC(=O)O.CCC(CC(CC(C)C(=O)OC)C(=O)OC1CC2CC1C1C3CCC(C3)C21)C(=O)OCOC.CO.OC1CC2C3CCC(C3)C2C1O. The zero-order chi connectivity index (χ0) is 44.1. The van der Waals surface area contributed by atoms with Gasteiger partial charge in [0, 0.05) is 21.1 Å². The number of fused-ring (bicyclic) bond motifs is 19. The third-order valence-electron chi connectivity index (χ3n) is 18.0. The van der Waals surface area contributed by atoms with Crippen LogP contribution in [0.2, 0.25) is 0 Å². The summed E-state index contributed by atoms with van der Waals surface area (Å²) in [6, 6.07) is 0. The third-order valence-corrected chi connectivity index (χ3v) is 18.0. The summed E-state index contributed by atoms with van der Waals surface area (Å²) >= 11 is 0. The lowest BCUT2D eigenvalue weighted by Crippen LogP contribution is -2.39. The van der Waals surface area contributed by atoms with Gasteiger partial charge in [0.15, 0.2) is 6.79 Å². The molecule has 0 amide bonds. The molecule has 12 nitrogen and oxygen atoms in total. The second-order valence-electron chi connectivity index (χ2n) is 20.9. The lowest BCUT2D eigenvalue weighted by atomic mass is 9.70. The highest BCUT2D eigenvalue weighted by Gasteiger charge is 2.63. The van der Waals surface area contributed by atoms with E-state index in [4.69, 9.17) is 34.0 Å². The van der Waals surface area contributed by atoms with Crippen molar-refractivity contribution >= 4 is 23.9 Å². The summed E-state index contributed by atoms with van der Waals surface area (Å²) in [7, 11) is 3.81. The number of carboxylic acid groups (broad SMARTS) is 1. The minimum Gasteiger partial charge on any atom is -0.481 e. The van der Waals surface area contributed by atoms with Crippen LogP contribution in [0.1, 0.15) is 136 Å². The average Bonchev–Trinajstić information content (AvgIpc) is 4.10. The van der Waals surface area contributed by atoms with Crippen LogP contribution in [0.4, 0.5) is 0 Å². The zero-order valence-corrected chi connectivity index (χ0v) is 38.0. The molecule has 0 aliphatic heterocycles. The maximum absolute atomic E-state index is 13.4. The van der Waals surface area contributed by atoms with E-state index in [9.17, 15) is 24.6 Å². The summed E-state index contributed by atoms with van der Waals surface area (Å²) in [4.78, 5) is 46.9. The number of carbonyl (C=O) groups is 4. The molecule has 0 saturated heterocycles. The van der Waals surface area contributed by atoms with Gasteiger partial charge >= 0.3 is 17.9 Å². The van der Waals surface area contributed by atoms with Gasteiger partial charge in [-0.05, 0) is 192 Å². The third kappa shape index (κ3) is 10.5. The van der Waals surface area contributed by atoms with Crippen LogP contribution in [-0.4, -0.2) is 90.7 Å². The molecule has 61 heavy (non-hydrogen) atoms. The fraction of sp³-hybridized carbons (Fsp3) is 0.918. The van der Waals surface area contributed by atoms with Gasteiger partial charge in [0.25, 0.3) is 5.97 Å². The molecule has 348 valence electrons. The number of aliphatic carboxylic acids is 1. The van der Waals surface area contributed by atoms with E-state index in [1.54, 1.807) is 45.4 Å². The van der Waals surface area contributed by atoms with Gasteiger partial charge in [0.1, 0.15) is 6.10 Å². The van der Waals surface area contributed by atoms with Crippen LogP contribution in [0.15, 0.2) is 0 Å². The smallest absolute Gasteiger partial charge is 0.311 e. The number of carbonyl (C=O) groups excluding carboxylic acids is 3. The number of hydrogen-bond donors (Lipinski definition) is 4. The van der Waals surface area contributed by atoms with Crippen LogP contribution >= 0.6 is 0 Å². The number of aliphatic hydroxyl groups excluding tert-OH is 3. The van der Waals surface area contributed by atoms with Crippen molar-refractivity contribution in [2.45, 2.75) is 155 Å². The van der Waals surface area contributed by atoms with Crippen molar-refractivity contribution in [2.24, 2.45) is 101 Å². The second-order valence-corrected chi connectivity index (χ2v) is 20.9. The molecule has 10 fully saturated rings. The number of carboxylic acids is 1. The highest BCUT2D eigenvalue weighted by atomic mass is 16.7. The van der Waals surface area contributed by atoms with E-state index in [1.807, 2.05) is 6.92 Å². The first-order chi connectivity index (χ1) is 29.3. The zero-order valence-electron chi connectivity index (χ0n) is 38.0. The molecule has 0 aromatic rings. The Hall–Kier alpha value is -2.28. The summed E-state index contributed by atoms with van der Waals surface area (Å²) in [5, 5.41) is 33.7. The molecule has 10 rings (SSSR count). The normalized spacial score (nSPS) is 41.8. The largest absolute Gasteiger partial charge is 0.481 e. The number of hydrogen-bond acceptors (Lipinski definition) is 11. The number of esters is 3. The van der Waals surface area contributed by atoms with Crippen LogP contribution in [0.5, 0.6) is 0 Å². The molecule has 0 spiro atoms. The number of methoxy groups -OCH3 is 2. The molecule has 20 unspecified atom stereocenters. The van der Waals surface area contributed by atoms with Gasteiger partial charge in [-0.1, -0.05) is 20.3 Å². The maximum atomic E-state index is 13.4. The molecule has 12 heteroatoms. The molecular formula is C49H80O12. The first-order valence-corrected chi connectivity index (χ1v) is 24.3. The Morgan fingerprint density at radius 1 is 0.607 bits per heavy atom.